The zero-order valence-electron chi connectivity index (χ0n) is 20.4. The number of carbonyl (C=O) groups is 1. The monoisotopic (exact) mass is 506 g/mol. The number of amides is 1. The summed E-state index contributed by atoms with van der Waals surface area (Å²) < 4.78 is 40.9. The molecule has 37 heavy (non-hydrogen) atoms. The number of alkyl halides is 3. The van der Waals surface area contributed by atoms with Gasteiger partial charge in [-0.1, -0.05) is 17.7 Å². The van der Waals surface area contributed by atoms with Gasteiger partial charge in [-0.2, -0.15) is 23.3 Å². The third kappa shape index (κ3) is 3.65. The van der Waals surface area contributed by atoms with Crippen molar-refractivity contribution in [1.82, 2.24) is 9.97 Å². The first-order valence-electron chi connectivity index (χ1n) is 12.1. The van der Waals surface area contributed by atoms with Crippen molar-refractivity contribution in [2.75, 3.05) is 34.4 Å². The number of fused-ring (bicyclic) bond motifs is 4. The van der Waals surface area contributed by atoms with Crippen molar-refractivity contribution < 1.29 is 18.0 Å². The molecule has 3 aromatic rings. The van der Waals surface area contributed by atoms with Gasteiger partial charge in [0, 0.05) is 37.7 Å². The number of aromatic nitrogens is 2. The van der Waals surface area contributed by atoms with E-state index in [1.165, 1.54) is 17.1 Å². The van der Waals surface area contributed by atoms with E-state index in [9.17, 15) is 18.0 Å². The van der Waals surface area contributed by atoms with E-state index >= 15 is 0 Å². The molecule has 4 heterocycles. The van der Waals surface area contributed by atoms with Crippen LogP contribution >= 0.6 is 0 Å². The van der Waals surface area contributed by atoms with E-state index in [0.29, 0.717) is 42.5 Å². The highest BCUT2D eigenvalue weighted by Gasteiger charge is 2.60. The fraction of sp³-hybridized carbons (Fsp3) is 0.333. The zero-order chi connectivity index (χ0) is 25.9. The maximum atomic E-state index is 14.3. The molecular weight excluding hydrogens is 481 g/mol. The van der Waals surface area contributed by atoms with Crippen LogP contribution in [0.5, 0.6) is 0 Å². The second-order valence-electron chi connectivity index (χ2n) is 9.83. The van der Waals surface area contributed by atoms with Gasteiger partial charge in [0.2, 0.25) is 5.95 Å². The molecule has 1 fully saturated rings. The van der Waals surface area contributed by atoms with Gasteiger partial charge in [0.05, 0.1) is 23.0 Å². The molecule has 1 spiro atoms. The van der Waals surface area contributed by atoms with Crippen molar-refractivity contribution >= 4 is 28.9 Å². The van der Waals surface area contributed by atoms with Crippen LogP contribution in [0, 0.1) is 12.3 Å². The van der Waals surface area contributed by atoms with E-state index in [0.717, 1.165) is 17.3 Å². The number of hydrogen-bond donors (Lipinski definition) is 0. The third-order valence-electron chi connectivity index (χ3n) is 7.72. The van der Waals surface area contributed by atoms with E-state index in [4.69, 9.17) is 0 Å². The molecule has 0 aliphatic carbocycles. The van der Waals surface area contributed by atoms with Crippen LogP contribution in [0.3, 0.4) is 0 Å². The molecule has 0 unspecified atom stereocenters. The van der Waals surface area contributed by atoms with Crippen molar-refractivity contribution in [3.8, 4) is 0 Å². The van der Waals surface area contributed by atoms with Crippen molar-refractivity contribution in [1.29, 1.82) is 0 Å². The molecule has 0 bridgehead atoms. The number of piperazine rings is 1. The molecule has 3 aliphatic rings. The average Bonchev–Trinajstić information content (AvgIpc) is 3.14. The van der Waals surface area contributed by atoms with Gasteiger partial charge in [-0.25, -0.2) is 9.97 Å². The molecule has 3 aliphatic heterocycles. The molecule has 0 saturated carbocycles. The van der Waals surface area contributed by atoms with Crippen LogP contribution in [0.1, 0.15) is 23.6 Å². The number of anilines is 3. The lowest BCUT2D eigenvalue weighted by molar-refractivity contribution is -0.137. The Morgan fingerprint density at radius 1 is 1.00 bits per heavy atom. The summed E-state index contributed by atoms with van der Waals surface area (Å²) in [5.74, 6) is 0.327. The van der Waals surface area contributed by atoms with Crippen molar-refractivity contribution in [3.05, 3.63) is 77.6 Å². The topological polar surface area (TPSA) is 64.9 Å². The Morgan fingerprint density at radius 3 is 2.43 bits per heavy atom. The fourth-order valence-corrected chi connectivity index (χ4v) is 5.81. The predicted octanol–water partition coefficient (Wildman–Crippen LogP) is 4.46. The number of nitrogens with zero attached hydrogens (tertiary/aromatic N) is 6. The number of halogens is 3. The predicted molar refractivity (Wildman–Crippen MR) is 135 cm³/mol. The Morgan fingerprint density at radius 2 is 1.73 bits per heavy atom. The normalized spacial score (nSPS) is 23.3. The first-order chi connectivity index (χ1) is 17.7. The molecule has 1 aromatic heterocycles. The lowest BCUT2D eigenvalue weighted by atomic mass is 9.67. The lowest BCUT2D eigenvalue weighted by Gasteiger charge is -2.53. The quantitative estimate of drug-likeness (QED) is 0.514. The second kappa shape index (κ2) is 8.29. The van der Waals surface area contributed by atoms with Crippen LogP contribution in [0.2, 0.25) is 0 Å². The molecule has 7 nitrogen and oxygen atoms in total. The maximum absolute atomic E-state index is 14.3. The zero-order valence-corrected chi connectivity index (χ0v) is 20.4. The third-order valence-corrected chi connectivity index (χ3v) is 7.72. The summed E-state index contributed by atoms with van der Waals surface area (Å²) in [6.45, 7) is 5.28. The largest absolute Gasteiger partial charge is 0.416 e. The summed E-state index contributed by atoms with van der Waals surface area (Å²) in [6, 6.07) is 12.7. The Hall–Kier alpha value is -3.95. The van der Waals surface area contributed by atoms with Gasteiger partial charge in [0.15, 0.2) is 0 Å². The van der Waals surface area contributed by atoms with Crippen LogP contribution in [0.25, 0.3) is 0 Å². The fourth-order valence-electron chi connectivity index (χ4n) is 5.81. The minimum Gasteiger partial charge on any atom is -0.363 e. The van der Waals surface area contributed by atoms with Gasteiger partial charge in [-0.3, -0.25) is 4.79 Å². The Balaban J connectivity index is 1.47. The number of rotatable bonds is 2. The minimum absolute atomic E-state index is 0.132. The molecule has 6 rings (SSSR count). The molecule has 1 amide bonds. The SMILES string of the molecule is CC1=NN(c2ccc(C)cc2)C(=O)[C@@]12Cc1cc(C(F)(F)F)ccc1N1CCN(c3ncccn3)C[C@H]12. The molecule has 0 radical (unpaired) electrons. The number of hydrogen-bond acceptors (Lipinski definition) is 6. The highest BCUT2D eigenvalue weighted by atomic mass is 19.4. The summed E-state index contributed by atoms with van der Waals surface area (Å²) in [6.07, 6.45) is -0.996. The van der Waals surface area contributed by atoms with Crippen LogP contribution in [-0.4, -0.2) is 47.3 Å². The van der Waals surface area contributed by atoms with Crippen LogP contribution in [0.15, 0.2) is 66.0 Å². The number of carbonyl (C=O) groups excluding carboxylic acids is 1. The van der Waals surface area contributed by atoms with Gasteiger partial charge in [0.1, 0.15) is 5.41 Å². The van der Waals surface area contributed by atoms with Crippen LogP contribution in [0.4, 0.5) is 30.5 Å². The molecule has 1 saturated heterocycles. The van der Waals surface area contributed by atoms with Crippen molar-refractivity contribution in [2.24, 2.45) is 10.5 Å². The highest BCUT2D eigenvalue weighted by molar-refractivity contribution is 6.20. The molecule has 190 valence electrons. The molecule has 10 heteroatoms. The Bertz CT molecular complexity index is 1390. The number of benzene rings is 2. The Labute approximate surface area is 212 Å². The van der Waals surface area contributed by atoms with Crippen molar-refractivity contribution in [2.45, 2.75) is 32.5 Å². The minimum atomic E-state index is -4.47. The van der Waals surface area contributed by atoms with Gasteiger partial charge >= 0.3 is 6.18 Å². The van der Waals surface area contributed by atoms with E-state index in [2.05, 4.69) is 20.0 Å². The first kappa shape index (κ1) is 23.4. The van der Waals surface area contributed by atoms with Gasteiger partial charge in [-0.05, 0) is 62.2 Å². The summed E-state index contributed by atoms with van der Waals surface area (Å²) >= 11 is 0. The lowest BCUT2D eigenvalue weighted by Crippen LogP contribution is -2.67. The number of hydrazone groups is 1. The van der Waals surface area contributed by atoms with Gasteiger partial charge in [-0.15, -0.1) is 0 Å². The van der Waals surface area contributed by atoms with E-state index in [-0.39, 0.29) is 18.4 Å². The van der Waals surface area contributed by atoms with Crippen molar-refractivity contribution in [3.63, 3.8) is 0 Å². The average molecular weight is 507 g/mol. The molecule has 2 aromatic carbocycles. The summed E-state index contributed by atoms with van der Waals surface area (Å²) in [4.78, 5) is 27.2. The highest BCUT2D eigenvalue weighted by Crippen LogP contribution is 2.49. The van der Waals surface area contributed by atoms with E-state index in [1.807, 2.05) is 36.1 Å². The first-order valence-corrected chi connectivity index (χ1v) is 12.1. The smallest absolute Gasteiger partial charge is 0.363 e. The molecule has 2 atom stereocenters. The van der Waals surface area contributed by atoms with Gasteiger partial charge in [0.25, 0.3) is 5.91 Å². The van der Waals surface area contributed by atoms with Gasteiger partial charge < -0.3 is 9.80 Å². The second-order valence-corrected chi connectivity index (χ2v) is 9.83. The number of aryl methyl sites for hydroxylation is 1. The molecular formula is C27H25F3N6O. The summed E-state index contributed by atoms with van der Waals surface area (Å²) in [5.41, 5.74) is 1.66. The standard InChI is InChI=1S/C27H25F3N6O/c1-17-4-7-21(8-5-17)36-24(37)26(18(2)33-36)15-19-14-20(27(28,29)30)6-9-22(19)35-13-12-34(16-23(26)35)25-31-10-3-11-32-25/h3-11,14,23H,12-13,15-16H2,1-2H3/t23-,26-/m0/s1. The summed E-state index contributed by atoms with van der Waals surface area (Å²) in [7, 11) is 0. The maximum Gasteiger partial charge on any atom is 0.416 e. The van der Waals surface area contributed by atoms with E-state index < -0.39 is 17.2 Å². The van der Waals surface area contributed by atoms with Crippen LogP contribution < -0.4 is 14.8 Å². The van der Waals surface area contributed by atoms with E-state index in [1.54, 1.807) is 25.4 Å². The van der Waals surface area contributed by atoms with Crippen LogP contribution in [-0.2, 0) is 17.4 Å². The summed E-state index contributed by atoms with van der Waals surface area (Å²) in [5, 5.41) is 6.09. The molecule has 0 N–H and O–H groups in total. The Kier molecular flexibility index (Phi) is 5.25.